The molecular formula is C30H25GeNO. The first-order chi connectivity index (χ1) is 16.0. The number of furan rings is 1. The summed E-state index contributed by atoms with van der Waals surface area (Å²) in [4.78, 5) is 5.14. The first-order valence-corrected chi connectivity index (χ1v) is 18.7. The molecule has 2 heterocycles. The third-order valence-corrected chi connectivity index (χ3v) is 10.7. The van der Waals surface area contributed by atoms with Gasteiger partial charge in [-0.15, -0.1) is 0 Å². The van der Waals surface area contributed by atoms with Crippen LogP contribution in [-0.2, 0) is 0 Å². The van der Waals surface area contributed by atoms with E-state index >= 15 is 0 Å². The van der Waals surface area contributed by atoms with E-state index in [1.165, 1.54) is 20.9 Å². The molecule has 0 bridgehead atoms. The number of pyridine rings is 1. The molecule has 0 aliphatic heterocycles. The summed E-state index contributed by atoms with van der Waals surface area (Å²) < 4.78 is 7.82. The molecule has 6 aromatic rings. The third kappa shape index (κ3) is 3.46. The van der Waals surface area contributed by atoms with Gasteiger partial charge in [-0.3, -0.25) is 0 Å². The van der Waals surface area contributed by atoms with Crippen LogP contribution in [-0.4, -0.2) is 18.3 Å². The van der Waals surface area contributed by atoms with Crippen molar-refractivity contribution in [1.82, 2.24) is 4.98 Å². The molecule has 0 unspecified atom stereocenters. The van der Waals surface area contributed by atoms with Crippen LogP contribution in [0.15, 0.2) is 101 Å². The van der Waals surface area contributed by atoms with E-state index in [0.717, 1.165) is 38.7 Å². The van der Waals surface area contributed by atoms with Crippen LogP contribution < -0.4 is 4.40 Å². The Morgan fingerprint density at radius 2 is 1.39 bits per heavy atom. The number of hydrogen-bond donors (Lipinski definition) is 0. The molecule has 160 valence electrons. The maximum absolute atomic E-state index is 6.33. The van der Waals surface area contributed by atoms with E-state index in [2.05, 4.69) is 102 Å². The number of fused-ring (bicyclic) bond motifs is 4. The number of para-hydroxylation sites is 2. The molecule has 6 rings (SSSR count). The molecule has 0 fully saturated rings. The molecule has 0 saturated heterocycles. The summed E-state index contributed by atoms with van der Waals surface area (Å²) in [5.74, 6) is 7.31. The Bertz CT molecular complexity index is 1640. The number of aromatic nitrogens is 1. The second kappa shape index (κ2) is 7.60. The van der Waals surface area contributed by atoms with Crippen molar-refractivity contribution in [3.8, 4) is 22.4 Å². The summed E-state index contributed by atoms with van der Waals surface area (Å²) in [5, 5.41) is 3.49. The Balaban J connectivity index is 1.67. The molecule has 33 heavy (non-hydrogen) atoms. The predicted octanol–water partition coefficient (Wildman–Crippen LogP) is 8.01. The van der Waals surface area contributed by atoms with Gasteiger partial charge in [0.25, 0.3) is 0 Å². The Hall–Kier alpha value is -3.37. The summed E-state index contributed by atoms with van der Waals surface area (Å²) in [6.45, 7) is 0. The average molecular weight is 488 g/mol. The molecule has 0 atom stereocenters. The Morgan fingerprint density at radius 3 is 2.21 bits per heavy atom. The van der Waals surface area contributed by atoms with E-state index in [0.29, 0.717) is 0 Å². The summed E-state index contributed by atoms with van der Waals surface area (Å²) in [5.41, 5.74) is 7.22. The maximum atomic E-state index is 6.33. The Labute approximate surface area is 196 Å². The molecule has 0 spiro atoms. The van der Waals surface area contributed by atoms with Gasteiger partial charge in [-0.1, -0.05) is 0 Å². The summed E-state index contributed by atoms with van der Waals surface area (Å²) in [6, 6.07) is 34.3. The fraction of sp³-hybridized carbons (Fsp3) is 0.100. The standard InChI is InChI=1S/C30H25GeNO/c1-31(2,3)21-16-17-27-26(18-21)25(20-10-5-4-6-11-20)19-28(32-27)24-14-9-13-23-22-12-7-8-15-29(22)33-30(23)24/h4-19H,1-3H3. The van der Waals surface area contributed by atoms with Crippen LogP contribution >= 0.6 is 0 Å². The van der Waals surface area contributed by atoms with Gasteiger partial charge in [0.2, 0.25) is 0 Å². The average Bonchev–Trinajstić information content (AvgIpc) is 3.22. The topological polar surface area (TPSA) is 26.0 Å². The molecule has 0 aliphatic carbocycles. The van der Waals surface area contributed by atoms with Crippen LogP contribution in [0.2, 0.25) is 17.3 Å². The van der Waals surface area contributed by atoms with Gasteiger partial charge < -0.3 is 0 Å². The normalized spacial score (nSPS) is 12.1. The van der Waals surface area contributed by atoms with Gasteiger partial charge in [-0.25, -0.2) is 0 Å². The van der Waals surface area contributed by atoms with Gasteiger partial charge in [0.15, 0.2) is 0 Å². The molecule has 2 aromatic heterocycles. The van der Waals surface area contributed by atoms with Gasteiger partial charge in [0.05, 0.1) is 0 Å². The zero-order valence-electron chi connectivity index (χ0n) is 19.1. The van der Waals surface area contributed by atoms with Crippen molar-refractivity contribution in [2.24, 2.45) is 0 Å². The molecule has 3 heteroatoms. The zero-order valence-corrected chi connectivity index (χ0v) is 21.2. The fourth-order valence-corrected chi connectivity index (χ4v) is 7.07. The second-order valence-electron chi connectivity index (χ2n) is 9.68. The van der Waals surface area contributed by atoms with Crippen molar-refractivity contribution in [3.63, 3.8) is 0 Å². The monoisotopic (exact) mass is 489 g/mol. The van der Waals surface area contributed by atoms with Crippen molar-refractivity contribution in [2.75, 3.05) is 0 Å². The molecule has 4 aromatic carbocycles. The molecule has 0 aliphatic rings. The van der Waals surface area contributed by atoms with Crippen LogP contribution in [0.4, 0.5) is 0 Å². The fourth-order valence-electron chi connectivity index (χ4n) is 4.64. The Morgan fingerprint density at radius 1 is 0.636 bits per heavy atom. The van der Waals surface area contributed by atoms with Crippen molar-refractivity contribution in [2.45, 2.75) is 17.3 Å². The number of rotatable bonds is 3. The van der Waals surface area contributed by atoms with E-state index in [9.17, 15) is 0 Å². The van der Waals surface area contributed by atoms with Crippen LogP contribution in [0.5, 0.6) is 0 Å². The summed E-state index contributed by atoms with van der Waals surface area (Å²) in [6.07, 6.45) is 0. The van der Waals surface area contributed by atoms with Crippen molar-refractivity contribution < 1.29 is 4.42 Å². The van der Waals surface area contributed by atoms with Gasteiger partial charge in [0, 0.05) is 0 Å². The number of hydrogen-bond acceptors (Lipinski definition) is 2. The minimum absolute atomic E-state index is 0.894. The van der Waals surface area contributed by atoms with Crippen molar-refractivity contribution >= 4 is 50.5 Å². The SMILES string of the molecule is [CH3][Ge]([CH3])([CH3])[c]1ccc2nc(-c3cccc4c3oc3ccccc34)cc(-c3ccccc3)c2c1. The minimum atomic E-state index is -1.98. The van der Waals surface area contributed by atoms with Crippen LogP contribution in [0, 0.1) is 0 Å². The van der Waals surface area contributed by atoms with E-state index < -0.39 is 13.3 Å². The third-order valence-electron chi connectivity index (χ3n) is 6.44. The number of nitrogens with zero attached hydrogens (tertiary/aromatic N) is 1. The van der Waals surface area contributed by atoms with E-state index in [1.807, 2.05) is 12.1 Å². The van der Waals surface area contributed by atoms with E-state index in [-0.39, 0.29) is 0 Å². The first-order valence-electron chi connectivity index (χ1n) is 11.4. The number of benzene rings is 4. The second-order valence-corrected chi connectivity index (χ2v) is 20.3. The molecule has 0 saturated carbocycles. The van der Waals surface area contributed by atoms with E-state index in [4.69, 9.17) is 9.40 Å². The molecular weight excluding hydrogens is 463 g/mol. The summed E-state index contributed by atoms with van der Waals surface area (Å²) in [7, 11) is 0. The molecule has 0 radical (unpaired) electrons. The zero-order chi connectivity index (χ0) is 22.6. The first kappa shape index (κ1) is 20.3. The van der Waals surface area contributed by atoms with Crippen molar-refractivity contribution in [3.05, 3.63) is 97.1 Å². The van der Waals surface area contributed by atoms with Gasteiger partial charge in [0.1, 0.15) is 0 Å². The van der Waals surface area contributed by atoms with Crippen molar-refractivity contribution in [1.29, 1.82) is 0 Å². The van der Waals surface area contributed by atoms with Gasteiger partial charge in [-0.2, -0.15) is 0 Å². The van der Waals surface area contributed by atoms with Crippen LogP contribution in [0.25, 0.3) is 55.2 Å². The molecule has 0 amide bonds. The van der Waals surface area contributed by atoms with E-state index in [1.54, 1.807) is 0 Å². The van der Waals surface area contributed by atoms with Gasteiger partial charge in [-0.05, 0) is 0 Å². The van der Waals surface area contributed by atoms with Crippen LogP contribution in [0.3, 0.4) is 0 Å². The van der Waals surface area contributed by atoms with Crippen LogP contribution in [0.1, 0.15) is 0 Å². The van der Waals surface area contributed by atoms with Gasteiger partial charge >= 0.3 is 197 Å². The predicted molar refractivity (Wildman–Crippen MR) is 143 cm³/mol. The molecule has 0 N–H and O–H groups in total. The molecule has 2 nitrogen and oxygen atoms in total. The quantitative estimate of drug-likeness (QED) is 0.236. The summed E-state index contributed by atoms with van der Waals surface area (Å²) >= 11 is -1.98. The Kier molecular flexibility index (Phi) is 4.67.